The number of rotatable bonds is 5. The van der Waals surface area contributed by atoms with Crippen molar-refractivity contribution >= 4 is 43.6 Å². The molecule has 240 valence electrons. The lowest BCUT2D eigenvalue weighted by Gasteiger charge is -2.10. The van der Waals surface area contributed by atoms with Gasteiger partial charge in [0.15, 0.2) is 0 Å². The van der Waals surface area contributed by atoms with Gasteiger partial charge in [-0.2, -0.15) is 0 Å². The second kappa shape index (κ2) is 13.3. The molecule has 50 heavy (non-hydrogen) atoms. The molecule has 0 radical (unpaired) electrons. The van der Waals surface area contributed by atoms with Gasteiger partial charge in [-0.1, -0.05) is 133 Å². The van der Waals surface area contributed by atoms with E-state index in [0.717, 1.165) is 5.69 Å². The van der Waals surface area contributed by atoms with Crippen molar-refractivity contribution in [3.05, 3.63) is 194 Å². The minimum Gasteiger partial charge on any atom is -0.309 e. The molecule has 7 aromatic carbocycles. The van der Waals surface area contributed by atoms with E-state index < -0.39 is 0 Å². The van der Waals surface area contributed by atoms with Gasteiger partial charge in [-0.15, -0.1) is 0 Å². The van der Waals surface area contributed by atoms with Gasteiger partial charge < -0.3 is 9.13 Å². The Morgan fingerprint density at radius 1 is 0.420 bits per heavy atom. The quantitative estimate of drug-likeness (QED) is 0.165. The highest BCUT2D eigenvalue weighted by atomic mass is 15.0. The first-order chi connectivity index (χ1) is 24.6. The second-order valence-electron chi connectivity index (χ2n) is 12.7. The van der Waals surface area contributed by atoms with Crippen LogP contribution >= 0.6 is 0 Å². The van der Waals surface area contributed by atoms with Crippen LogP contribution in [0.1, 0.15) is 12.5 Å². The highest BCUT2D eigenvalue weighted by Crippen LogP contribution is 2.41. The standard InChI is InChI=1S/C43H30N2.C5H8/c1-29-20-23-40-37(24-29)39-28-42-38(27-43(39)44(40)34-16-7-3-8-17-34)36-22-21-33(26-41(36)45(42)35-18-9-4-10-19-35)32-15-11-14-31(25-32)30-12-5-2-6-13-30;1-3-5-4-2/h2-28H,1H3;3-5H,1H2,2H3/b;5-4-. The van der Waals surface area contributed by atoms with Gasteiger partial charge in [0.05, 0.1) is 22.1 Å². The average molecular weight is 643 g/mol. The molecule has 2 heterocycles. The first-order valence-corrected chi connectivity index (χ1v) is 17.2. The van der Waals surface area contributed by atoms with E-state index in [9.17, 15) is 0 Å². The van der Waals surface area contributed by atoms with E-state index in [1.165, 1.54) is 77.1 Å². The highest BCUT2D eigenvalue weighted by molar-refractivity contribution is 6.19. The maximum Gasteiger partial charge on any atom is 0.0548 e. The Labute approximate surface area is 293 Å². The molecular weight excluding hydrogens is 605 g/mol. The Balaban J connectivity index is 0.000000677. The average Bonchev–Trinajstić information content (AvgIpc) is 3.66. The Morgan fingerprint density at radius 2 is 0.920 bits per heavy atom. The summed E-state index contributed by atoms with van der Waals surface area (Å²) < 4.78 is 4.86. The van der Waals surface area contributed by atoms with E-state index >= 15 is 0 Å². The second-order valence-corrected chi connectivity index (χ2v) is 12.7. The van der Waals surface area contributed by atoms with Crippen LogP contribution in [0.5, 0.6) is 0 Å². The molecular formula is C48H38N2. The van der Waals surface area contributed by atoms with Gasteiger partial charge in [0.2, 0.25) is 0 Å². The van der Waals surface area contributed by atoms with E-state index in [2.05, 4.69) is 186 Å². The van der Waals surface area contributed by atoms with Gasteiger partial charge >= 0.3 is 0 Å². The molecule has 0 aliphatic rings. The molecule has 2 aromatic heterocycles. The summed E-state index contributed by atoms with van der Waals surface area (Å²) in [7, 11) is 0. The van der Waals surface area contributed by atoms with Crippen LogP contribution in [0, 0.1) is 6.92 Å². The van der Waals surface area contributed by atoms with Crippen LogP contribution < -0.4 is 0 Å². The lowest BCUT2D eigenvalue weighted by atomic mass is 9.98. The van der Waals surface area contributed by atoms with Crippen LogP contribution in [-0.4, -0.2) is 9.13 Å². The maximum absolute atomic E-state index is 3.46. The van der Waals surface area contributed by atoms with Gasteiger partial charge in [-0.3, -0.25) is 0 Å². The molecule has 0 fully saturated rings. The fraction of sp³-hybridized carbons (Fsp3) is 0.0417. The molecule has 2 heteroatoms. The number of fused-ring (bicyclic) bond motifs is 6. The minimum atomic E-state index is 1.16. The van der Waals surface area contributed by atoms with Crippen LogP contribution in [0.2, 0.25) is 0 Å². The fourth-order valence-electron chi connectivity index (χ4n) is 7.18. The number of benzene rings is 7. The normalized spacial score (nSPS) is 11.4. The Hall–Kier alpha value is -6.38. The zero-order valence-electron chi connectivity index (χ0n) is 28.4. The van der Waals surface area contributed by atoms with Gasteiger partial charge in [0.25, 0.3) is 0 Å². The molecule has 0 aliphatic heterocycles. The first-order valence-electron chi connectivity index (χ1n) is 17.2. The van der Waals surface area contributed by atoms with Crippen LogP contribution in [0.3, 0.4) is 0 Å². The molecule has 0 saturated carbocycles. The predicted octanol–water partition coefficient (Wildman–Crippen LogP) is 13.3. The van der Waals surface area contributed by atoms with Crippen molar-refractivity contribution in [1.29, 1.82) is 0 Å². The predicted molar refractivity (Wildman–Crippen MR) is 216 cm³/mol. The van der Waals surface area contributed by atoms with Crippen LogP contribution in [-0.2, 0) is 0 Å². The summed E-state index contributed by atoms with van der Waals surface area (Å²) in [6, 6.07) is 59.6. The molecule has 2 nitrogen and oxygen atoms in total. The van der Waals surface area contributed by atoms with E-state index in [1.54, 1.807) is 6.08 Å². The van der Waals surface area contributed by atoms with Gasteiger partial charge in [-0.05, 0) is 96.8 Å². The summed E-state index contributed by atoms with van der Waals surface area (Å²) in [5, 5.41) is 5.04. The van der Waals surface area contributed by atoms with Crippen molar-refractivity contribution < 1.29 is 0 Å². The summed E-state index contributed by atoms with van der Waals surface area (Å²) in [4.78, 5) is 0. The number of hydrogen-bond acceptors (Lipinski definition) is 0. The van der Waals surface area contributed by atoms with Gasteiger partial charge in [0.1, 0.15) is 0 Å². The number of aryl methyl sites for hydroxylation is 1. The molecule has 0 spiro atoms. The molecule has 0 unspecified atom stereocenters. The van der Waals surface area contributed by atoms with E-state index in [0.29, 0.717) is 0 Å². The topological polar surface area (TPSA) is 9.86 Å². The van der Waals surface area contributed by atoms with E-state index in [1.807, 2.05) is 19.1 Å². The van der Waals surface area contributed by atoms with Crippen LogP contribution in [0.4, 0.5) is 0 Å². The molecule has 0 N–H and O–H groups in total. The molecule has 0 amide bonds. The van der Waals surface area contributed by atoms with Crippen molar-refractivity contribution in [2.75, 3.05) is 0 Å². The lowest BCUT2D eigenvalue weighted by Crippen LogP contribution is -1.94. The van der Waals surface area contributed by atoms with Gasteiger partial charge in [-0.25, -0.2) is 0 Å². The Morgan fingerprint density at radius 3 is 1.52 bits per heavy atom. The van der Waals surface area contributed by atoms with Gasteiger partial charge in [0, 0.05) is 32.9 Å². The van der Waals surface area contributed by atoms with Crippen LogP contribution in [0.25, 0.3) is 77.2 Å². The summed E-state index contributed by atoms with van der Waals surface area (Å²) >= 11 is 0. The van der Waals surface area contributed by atoms with Crippen molar-refractivity contribution in [3.8, 4) is 33.6 Å². The first kappa shape index (κ1) is 30.9. The van der Waals surface area contributed by atoms with Crippen molar-refractivity contribution in [2.24, 2.45) is 0 Å². The number of nitrogens with zero attached hydrogens (tertiary/aromatic N) is 2. The monoisotopic (exact) mass is 642 g/mol. The zero-order chi connectivity index (χ0) is 34.0. The largest absolute Gasteiger partial charge is 0.309 e. The SMILES string of the molecule is C=C/C=C\C.Cc1ccc2c(c1)c1cc3c(cc1n2-c1ccccc1)c1ccc(-c2cccc(-c4ccccc4)c2)cc1n3-c1ccccc1. The molecule has 0 saturated heterocycles. The number of aromatic nitrogens is 2. The molecule has 9 aromatic rings. The molecule has 0 bridgehead atoms. The summed E-state index contributed by atoms with van der Waals surface area (Å²) in [6.45, 7) is 7.60. The molecule has 9 rings (SSSR count). The van der Waals surface area contributed by atoms with Crippen molar-refractivity contribution in [3.63, 3.8) is 0 Å². The molecule has 0 aliphatic carbocycles. The summed E-state index contributed by atoms with van der Waals surface area (Å²) in [6.07, 6.45) is 5.58. The number of para-hydroxylation sites is 2. The minimum absolute atomic E-state index is 1.16. The maximum atomic E-state index is 3.46. The molecule has 0 atom stereocenters. The Bertz CT molecular complexity index is 2660. The van der Waals surface area contributed by atoms with E-state index in [-0.39, 0.29) is 0 Å². The highest BCUT2D eigenvalue weighted by Gasteiger charge is 2.19. The fourth-order valence-corrected chi connectivity index (χ4v) is 7.18. The van der Waals surface area contributed by atoms with E-state index in [4.69, 9.17) is 0 Å². The van der Waals surface area contributed by atoms with Crippen molar-refractivity contribution in [2.45, 2.75) is 13.8 Å². The smallest absolute Gasteiger partial charge is 0.0548 e. The number of hydrogen-bond donors (Lipinski definition) is 0. The summed E-state index contributed by atoms with van der Waals surface area (Å²) in [5.74, 6) is 0. The third-order valence-electron chi connectivity index (χ3n) is 9.47. The van der Waals surface area contributed by atoms with Crippen molar-refractivity contribution in [1.82, 2.24) is 9.13 Å². The zero-order valence-corrected chi connectivity index (χ0v) is 28.4. The summed E-state index contributed by atoms with van der Waals surface area (Å²) in [5.41, 5.74) is 13.3. The Kier molecular flexibility index (Phi) is 8.20. The lowest BCUT2D eigenvalue weighted by molar-refractivity contribution is 1.17. The third-order valence-corrected chi connectivity index (χ3v) is 9.47. The third kappa shape index (κ3) is 5.51. The number of allylic oxidation sites excluding steroid dienone is 3. The van der Waals surface area contributed by atoms with Crippen LogP contribution in [0.15, 0.2) is 189 Å².